The average molecular weight is 363 g/mol. The van der Waals surface area contributed by atoms with Crippen LogP contribution in [0.3, 0.4) is 0 Å². The normalized spacial score (nSPS) is 12.9. The number of aromatic nitrogens is 1. The highest BCUT2D eigenvalue weighted by atomic mass is 32.1. The molecule has 0 saturated heterocycles. The van der Waals surface area contributed by atoms with Crippen LogP contribution in [0.15, 0.2) is 47.8 Å². The first-order chi connectivity index (χ1) is 12.6. The van der Waals surface area contributed by atoms with Crippen LogP contribution in [0.2, 0.25) is 0 Å². The third kappa shape index (κ3) is 3.35. The monoisotopic (exact) mass is 363 g/mol. The Labute approximate surface area is 157 Å². The van der Waals surface area contributed by atoms with E-state index in [1.807, 2.05) is 17.5 Å². The smallest absolute Gasteiger partial charge is 0.245 e. The van der Waals surface area contributed by atoms with Gasteiger partial charge in [0.05, 0.1) is 12.2 Å². The molecule has 2 heterocycles. The number of carbonyl (C=O) groups is 1. The van der Waals surface area contributed by atoms with E-state index in [2.05, 4.69) is 59.4 Å². The molecule has 0 saturated carbocycles. The molecule has 0 atom stereocenters. The largest absolute Gasteiger partial charge is 0.362 e. The lowest BCUT2D eigenvalue weighted by Gasteiger charge is -2.18. The number of aryl methyl sites for hydroxylation is 2. The van der Waals surface area contributed by atoms with Crippen LogP contribution in [0.5, 0.6) is 0 Å². The van der Waals surface area contributed by atoms with Gasteiger partial charge in [0.1, 0.15) is 0 Å². The molecule has 4 nitrogen and oxygen atoms in total. The van der Waals surface area contributed by atoms with Gasteiger partial charge in [-0.25, -0.2) is 4.98 Å². The molecule has 0 aliphatic carbocycles. The number of carbonyl (C=O) groups excluding carboxylic acids is 1. The highest BCUT2D eigenvalue weighted by molar-refractivity contribution is 7.14. The number of anilines is 2. The quantitative estimate of drug-likeness (QED) is 0.746. The lowest BCUT2D eigenvalue weighted by molar-refractivity contribution is -0.115. The van der Waals surface area contributed by atoms with Gasteiger partial charge in [0.2, 0.25) is 5.91 Å². The zero-order valence-electron chi connectivity index (χ0n) is 15.0. The highest BCUT2D eigenvalue weighted by Crippen LogP contribution is 2.28. The Morgan fingerprint density at radius 2 is 2.04 bits per heavy atom. The lowest BCUT2D eigenvalue weighted by Crippen LogP contribution is -2.31. The van der Waals surface area contributed by atoms with Crippen LogP contribution in [0.4, 0.5) is 10.8 Å². The maximum Gasteiger partial charge on any atom is 0.245 e. The van der Waals surface area contributed by atoms with Gasteiger partial charge in [-0.05, 0) is 49.1 Å². The molecule has 1 aromatic heterocycles. The molecule has 132 valence electrons. The first kappa shape index (κ1) is 16.8. The molecule has 1 aliphatic heterocycles. The molecule has 3 aromatic rings. The Morgan fingerprint density at radius 3 is 2.88 bits per heavy atom. The standard InChI is InChI=1S/C21H21N3OS/c1-14-7-8-17(11-15(14)2)18-13-26-21(22-18)23-20(25)12-24-10-9-16-5-3-4-6-19(16)24/h3-8,11,13H,9-10,12H2,1-2H3,(H,22,23,25). The molecule has 0 fully saturated rings. The number of para-hydroxylation sites is 1. The van der Waals surface area contributed by atoms with Crippen LogP contribution in [0, 0.1) is 13.8 Å². The van der Waals surface area contributed by atoms with Gasteiger partial charge in [-0.2, -0.15) is 0 Å². The number of nitrogens with zero attached hydrogens (tertiary/aromatic N) is 2. The Hall–Kier alpha value is -2.66. The SMILES string of the molecule is Cc1ccc(-c2csc(NC(=O)CN3CCc4ccccc43)n2)cc1C. The Kier molecular flexibility index (Phi) is 4.47. The predicted molar refractivity (Wildman–Crippen MR) is 108 cm³/mol. The molecular formula is C21H21N3OS. The third-order valence-electron chi connectivity index (χ3n) is 4.87. The summed E-state index contributed by atoms with van der Waals surface area (Å²) in [5, 5.41) is 5.58. The van der Waals surface area contributed by atoms with Crippen molar-refractivity contribution in [2.24, 2.45) is 0 Å². The van der Waals surface area contributed by atoms with Crippen molar-refractivity contribution in [3.05, 3.63) is 64.5 Å². The van der Waals surface area contributed by atoms with E-state index in [-0.39, 0.29) is 5.91 Å². The van der Waals surface area contributed by atoms with Gasteiger partial charge >= 0.3 is 0 Å². The van der Waals surface area contributed by atoms with Crippen molar-refractivity contribution < 1.29 is 4.79 Å². The fourth-order valence-corrected chi connectivity index (χ4v) is 4.00. The topological polar surface area (TPSA) is 45.2 Å². The second-order valence-electron chi connectivity index (χ2n) is 6.69. The number of benzene rings is 2. The number of nitrogens with one attached hydrogen (secondary N) is 1. The van der Waals surface area contributed by atoms with Gasteiger partial charge in [-0.15, -0.1) is 11.3 Å². The van der Waals surface area contributed by atoms with Crippen molar-refractivity contribution in [3.63, 3.8) is 0 Å². The summed E-state index contributed by atoms with van der Waals surface area (Å²) in [5.74, 6) is -0.0253. The van der Waals surface area contributed by atoms with Crippen LogP contribution in [0.25, 0.3) is 11.3 Å². The minimum Gasteiger partial charge on any atom is -0.362 e. The molecule has 0 bridgehead atoms. The van der Waals surface area contributed by atoms with E-state index in [1.54, 1.807) is 0 Å². The first-order valence-electron chi connectivity index (χ1n) is 8.76. The molecule has 0 unspecified atom stereocenters. The van der Waals surface area contributed by atoms with Gasteiger partial charge in [0.25, 0.3) is 0 Å². The molecule has 0 radical (unpaired) electrons. The number of hydrogen-bond acceptors (Lipinski definition) is 4. The highest BCUT2D eigenvalue weighted by Gasteiger charge is 2.20. The maximum absolute atomic E-state index is 12.4. The van der Waals surface area contributed by atoms with E-state index < -0.39 is 0 Å². The number of rotatable bonds is 4. The zero-order valence-corrected chi connectivity index (χ0v) is 15.8. The van der Waals surface area contributed by atoms with Crippen molar-refractivity contribution in [1.82, 2.24) is 4.98 Å². The summed E-state index contributed by atoms with van der Waals surface area (Å²) in [6, 6.07) is 14.6. The van der Waals surface area contributed by atoms with Crippen molar-refractivity contribution >= 4 is 28.1 Å². The van der Waals surface area contributed by atoms with Gasteiger partial charge < -0.3 is 10.2 Å². The van der Waals surface area contributed by atoms with E-state index in [0.717, 1.165) is 29.9 Å². The van der Waals surface area contributed by atoms with E-state index in [9.17, 15) is 4.79 Å². The van der Waals surface area contributed by atoms with Crippen LogP contribution >= 0.6 is 11.3 Å². The van der Waals surface area contributed by atoms with Crippen molar-refractivity contribution in [1.29, 1.82) is 0 Å². The molecule has 5 heteroatoms. The molecule has 1 amide bonds. The van der Waals surface area contributed by atoms with Gasteiger partial charge in [-0.1, -0.05) is 30.3 Å². The summed E-state index contributed by atoms with van der Waals surface area (Å²) in [6.45, 7) is 5.44. The van der Waals surface area contributed by atoms with Crippen molar-refractivity contribution in [3.8, 4) is 11.3 Å². The van der Waals surface area contributed by atoms with E-state index in [0.29, 0.717) is 11.7 Å². The Balaban J connectivity index is 1.43. The minimum absolute atomic E-state index is 0.0253. The fourth-order valence-electron chi connectivity index (χ4n) is 3.27. The Morgan fingerprint density at radius 1 is 1.19 bits per heavy atom. The number of thiazole rings is 1. The molecule has 26 heavy (non-hydrogen) atoms. The fraction of sp³-hybridized carbons (Fsp3) is 0.238. The predicted octanol–water partition coefficient (Wildman–Crippen LogP) is 4.43. The summed E-state index contributed by atoms with van der Waals surface area (Å²) in [5.41, 5.74) is 6.97. The third-order valence-corrected chi connectivity index (χ3v) is 5.63. The van der Waals surface area contributed by atoms with Gasteiger partial charge in [0.15, 0.2) is 5.13 Å². The van der Waals surface area contributed by atoms with Crippen molar-refractivity contribution in [2.45, 2.75) is 20.3 Å². The summed E-state index contributed by atoms with van der Waals surface area (Å²) in [6.07, 6.45) is 0.998. The second-order valence-corrected chi connectivity index (χ2v) is 7.54. The Bertz CT molecular complexity index is 963. The van der Waals surface area contributed by atoms with E-state index in [4.69, 9.17) is 0 Å². The zero-order chi connectivity index (χ0) is 18.1. The van der Waals surface area contributed by atoms with Gasteiger partial charge in [-0.3, -0.25) is 4.79 Å². The number of hydrogen-bond donors (Lipinski definition) is 1. The summed E-state index contributed by atoms with van der Waals surface area (Å²) in [4.78, 5) is 19.1. The van der Waals surface area contributed by atoms with Crippen LogP contribution < -0.4 is 10.2 Å². The minimum atomic E-state index is -0.0253. The molecular weight excluding hydrogens is 342 g/mol. The molecule has 1 aliphatic rings. The number of amides is 1. The van der Waals surface area contributed by atoms with E-state index in [1.165, 1.54) is 28.0 Å². The summed E-state index contributed by atoms with van der Waals surface area (Å²) in [7, 11) is 0. The maximum atomic E-state index is 12.4. The summed E-state index contributed by atoms with van der Waals surface area (Å²) >= 11 is 1.46. The lowest BCUT2D eigenvalue weighted by atomic mass is 10.1. The molecule has 2 aromatic carbocycles. The van der Waals surface area contributed by atoms with Crippen LogP contribution in [-0.2, 0) is 11.2 Å². The van der Waals surface area contributed by atoms with Crippen molar-refractivity contribution in [2.75, 3.05) is 23.3 Å². The molecule has 1 N–H and O–H groups in total. The first-order valence-corrected chi connectivity index (χ1v) is 9.64. The molecule has 0 spiro atoms. The second kappa shape index (κ2) is 6.92. The van der Waals surface area contributed by atoms with Crippen LogP contribution in [-0.4, -0.2) is 24.0 Å². The number of fused-ring (bicyclic) bond motifs is 1. The molecule has 4 rings (SSSR count). The van der Waals surface area contributed by atoms with Gasteiger partial charge in [0, 0.05) is 23.2 Å². The van der Waals surface area contributed by atoms with Crippen LogP contribution in [0.1, 0.15) is 16.7 Å². The average Bonchev–Trinajstić information content (AvgIpc) is 3.25. The summed E-state index contributed by atoms with van der Waals surface area (Å²) < 4.78 is 0. The van der Waals surface area contributed by atoms with E-state index >= 15 is 0 Å².